The number of rotatable bonds is 5. The molecule has 0 bridgehead atoms. The Bertz CT molecular complexity index is 404. The van der Waals surface area contributed by atoms with Crippen molar-refractivity contribution in [2.45, 2.75) is 25.8 Å². The molecule has 2 rings (SSSR count). The Morgan fingerprint density at radius 2 is 2.41 bits per heavy atom. The molecule has 0 aromatic carbocycles. The van der Waals surface area contributed by atoms with E-state index in [9.17, 15) is 10.0 Å². The van der Waals surface area contributed by atoms with Crippen LogP contribution in [-0.4, -0.2) is 18.6 Å². The normalized spacial score (nSPS) is 16.3. The first-order chi connectivity index (χ1) is 8.16. The summed E-state index contributed by atoms with van der Waals surface area (Å²) in [4.78, 5) is 11.5. The van der Waals surface area contributed by atoms with E-state index in [1.54, 1.807) is 12.1 Å². The summed E-state index contributed by atoms with van der Waals surface area (Å²) in [6, 6.07) is 5.02. The van der Waals surface area contributed by atoms with Gasteiger partial charge in [-0.15, -0.1) is 4.73 Å². The first kappa shape index (κ1) is 11.7. The number of aromatic nitrogens is 1. The molecule has 1 saturated carbocycles. The molecule has 0 aliphatic heterocycles. The van der Waals surface area contributed by atoms with E-state index in [1.165, 1.54) is 25.1 Å². The molecule has 1 N–H and O–H groups in total. The van der Waals surface area contributed by atoms with Gasteiger partial charge in [-0.2, -0.15) is 0 Å². The molecule has 17 heavy (non-hydrogen) atoms. The minimum Gasteiger partial charge on any atom is -0.616 e. The lowest BCUT2D eigenvalue weighted by Crippen LogP contribution is -2.38. The predicted molar refractivity (Wildman–Crippen MR) is 61.2 cm³/mol. The molecule has 1 aliphatic rings. The summed E-state index contributed by atoms with van der Waals surface area (Å²) in [5.74, 6) is 0.565. The molecule has 1 aromatic heterocycles. The van der Waals surface area contributed by atoms with Crippen molar-refractivity contribution in [2.24, 2.45) is 5.92 Å². The highest BCUT2D eigenvalue weighted by atomic mass is 16.6. The van der Waals surface area contributed by atoms with Gasteiger partial charge in [-0.3, -0.25) is 4.79 Å². The van der Waals surface area contributed by atoms with E-state index in [1.807, 2.05) is 6.92 Å². The van der Waals surface area contributed by atoms with Crippen LogP contribution in [0, 0.1) is 11.1 Å². The topological polar surface area (TPSA) is 65.3 Å². The zero-order chi connectivity index (χ0) is 12.3. The second kappa shape index (κ2) is 5.03. The lowest BCUT2D eigenvalue weighted by atomic mass is 10.2. The maximum atomic E-state index is 11.5. The minimum atomic E-state index is -0.187. The lowest BCUT2D eigenvalue weighted by molar-refractivity contribution is -0.612. The van der Waals surface area contributed by atoms with Gasteiger partial charge in [0.05, 0.1) is 6.07 Å². The minimum absolute atomic E-state index is 0.122. The van der Waals surface area contributed by atoms with E-state index in [0.29, 0.717) is 10.6 Å². The first-order valence-electron chi connectivity index (χ1n) is 5.77. The highest BCUT2D eigenvalue weighted by molar-refractivity contribution is 5.77. The van der Waals surface area contributed by atoms with Gasteiger partial charge in [0.15, 0.2) is 12.8 Å². The van der Waals surface area contributed by atoms with Crippen molar-refractivity contribution < 1.29 is 14.3 Å². The van der Waals surface area contributed by atoms with Crippen LogP contribution in [0.1, 0.15) is 19.8 Å². The smallest absolute Gasteiger partial charge is 0.379 e. The molecule has 5 nitrogen and oxygen atoms in total. The number of pyridine rings is 1. The highest BCUT2D eigenvalue weighted by Crippen LogP contribution is 2.32. The van der Waals surface area contributed by atoms with Crippen LogP contribution >= 0.6 is 0 Å². The third-order valence-corrected chi connectivity index (χ3v) is 2.86. The average Bonchev–Trinajstić information content (AvgIpc) is 3.11. The number of hydrogen-bond donors (Lipinski definition) is 1. The first-order valence-corrected chi connectivity index (χ1v) is 5.77. The van der Waals surface area contributed by atoms with Gasteiger partial charge >= 0.3 is 5.88 Å². The van der Waals surface area contributed by atoms with E-state index >= 15 is 0 Å². The zero-order valence-electron chi connectivity index (χ0n) is 9.76. The number of carbonyl (C=O) groups excluding carboxylic acids is 1. The van der Waals surface area contributed by atoms with Crippen LogP contribution in [0.3, 0.4) is 0 Å². The van der Waals surface area contributed by atoms with E-state index in [4.69, 9.17) is 4.74 Å². The van der Waals surface area contributed by atoms with Crippen molar-refractivity contribution in [2.75, 3.05) is 6.61 Å². The summed E-state index contributed by atoms with van der Waals surface area (Å²) in [6.07, 6.45) is 3.70. The van der Waals surface area contributed by atoms with Gasteiger partial charge < -0.3 is 15.3 Å². The Labute approximate surface area is 100.0 Å². The van der Waals surface area contributed by atoms with Crippen LogP contribution in [0.15, 0.2) is 24.4 Å². The molecule has 1 amide bonds. The predicted octanol–water partition coefficient (Wildman–Crippen LogP) is 0.613. The molecular formula is C12H16N2O3. The number of amides is 1. The van der Waals surface area contributed by atoms with Crippen molar-refractivity contribution in [1.82, 2.24) is 5.32 Å². The van der Waals surface area contributed by atoms with Crippen LogP contribution in [0.4, 0.5) is 0 Å². The van der Waals surface area contributed by atoms with Gasteiger partial charge in [-0.05, 0) is 31.7 Å². The molecule has 1 aromatic rings. The number of ether oxygens (including phenoxy) is 1. The molecule has 0 unspecified atom stereocenters. The maximum Gasteiger partial charge on any atom is 0.379 e. The molecule has 1 heterocycles. The van der Waals surface area contributed by atoms with Crippen LogP contribution in [0.2, 0.25) is 0 Å². The van der Waals surface area contributed by atoms with Crippen LogP contribution in [0.25, 0.3) is 0 Å². The summed E-state index contributed by atoms with van der Waals surface area (Å²) in [7, 11) is 0. The highest BCUT2D eigenvalue weighted by Gasteiger charge is 2.28. The summed E-state index contributed by atoms with van der Waals surface area (Å²) in [6.45, 7) is 1.87. The molecule has 0 spiro atoms. The number of carbonyl (C=O) groups is 1. The summed E-state index contributed by atoms with van der Waals surface area (Å²) >= 11 is 0. The van der Waals surface area contributed by atoms with Crippen LogP contribution < -0.4 is 14.8 Å². The number of nitrogens with zero attached hydrogens (tertiary/aromatic N) is 1. The standard InChI is InChI=1S/C12H16N2O3/c1-9(10-5-6-10)13-11(15)8-17-12-4-2-3-7-14(12)16/h2-4,7,9-10H,5-6,8H2,1H3,(H,13,15)/t9-/m0/s1. The molecule has 1 fully saturated rings. The molecule has 5 heteroatoms. The lowest BCUT2D eigenvalue weighted by Gasteiger charge is -2.12. The maximum absolute atomic E-state index is 11.5. The third-order valence-electron chi connectivity index (χ3n) is 2.86. The average molecular weight is 236 g/mol. The van der Waals surface area contributed by atoms with E-state index in [0.717, 1.165) is 0 Å². The number of hydrogen-bond acceptors (Lipinski definition) is 3. The fraction of sp³-hybridized carbons (Fsp3) is 0.500. The van der Waals surface area contributed by atoms with Crippen molar-refractivity contribution in [1.29, 1.82) is 0 Å². The summed E-state index contributed by atoms with van der Waals surface area (Å²) in [5.41, 5.74) is 0. The molecule has 1 atom stereocenters. The monoisotopic (exact) mass is 236 g/mol. The van der Waals surface area contributed by atoms with Gasteiger partial charge in [0, 0.05) is 12.1 Å². The number of nitrogens with one attached hydrogen (secondary N) is 1. The van der Waals surface area contributed by atoms with E-state index in [-0.39, 0.29) is 24.4 Å². The van der Waals surface area contributed by atoms with Crippen molar-refractivity contribution in [3.8, 4) is 5.88 Å². The SMILES string of the molecule is C[C@H](NC(=O)COc1cccc[n+]1[O-])C1CC1. The molecule has 1 aliphatic carbocycles. The molecular weight excluding hydrogens is 220 g/mol. The Kier molecular flexibility index (Phi) is 3.46. The Hall–Kier alpha value is -1.78. The quantitative estimate of drug-likeness (QED) is 0.602. The second-order valence-corrected chi connectivity index (χ2v) is 4.35. The Balaban J connectivity index is 1.77. The van der Waals surface area contributed by atoms with Crippen LogP contribution in [0.5, 0.6) is 5.88 Å². The van der Waals surface area contributed by atoms with Gasteiger partial charge in [0.2, 0.25) is 0 Å². The molecule has 92 valence electrons. The van der Waals surface area contributed by atoms with E-state index < -0.39 is 0 Å². The fourth-order valence-corrected chi connectivity index (χ4v) is 1.67. The second-order valence-electron chi connectivity index (χ2n) is 4.35. The molecule has 0 radical (unpaired) electrons. The molecule has 0 saturated heterocycles. The van der Waals surface area contributed by atoms with Gasteiger partial charge in [-0.25, -0.2) is 0 Å². The third kappa shape index (κ3) is 3.34. The summed E-state index contributed by atoms with van der Waals surface area (Å²) in [5, 5.41) is 14.1. The Morgan fingerprint density at radius 3 is 3.06 bits per heavy atom. The largest absolute Gasteiger partial charge is 0.616 e. The van der Waals surface area contributed by atoms with Gasteiger partial charge in [-0.1, -0.05) is 0 Å². The zero-order valence-corrected chi connectivity index (χ0v) is 9.76. The van der Waals surface area contributed by atoms with Gasteiger partial charge in [0.1, 0.15) is 0 Å². The van der Waals surface area contributed by atoms with Crippen molar-refractivity contribution in [3.05, 3.63) is 29.6 Å². The van der Waals surface area contributed by atoms with Crippen molar-refractivity contribution in [3.63, 3.8) is 0 Å². The fourth-order valence-electron chi connectivity index (χ4n) is 1.67. The summed E-state index contributed by atoms with van der Waals surface area (Å²) < 4.78 is 5.73. The van der Waals surface area contributed by atoms with Crippen molar-refractivity contribution >= 4 is 5.91 Å². The Morgan fingerprint density at radius 1 is 1.65 bits per heavy atom. The van der Waals surface area contributed by atoms with Crippen LogP contribution in [-0.2, 0) is 4.79 Å². The van der Waals surface area contributed by atoms with Gasteiger partial charge in [0.25, 0.3) is 5.91 Å². The van der Waals surface area contributed by atoms with E-state index in [2.05, 4.69) is 5.32 Å².